The summed E-state index contributed by atoms with van der Waals surface area (Å²) >= 11 is 0. The molecule has 0 aromatic heterocycles. The van der Waals surface area contributed by atoms with Gasteiger partial charge in [0.2, 0.25) is 0 Å². The van der Waals surface area contributed by atoms with Crippen molar-refractivity contribution in [3.8, 4) is 0 Å². The van der Waals surface area contributed by atoms with Gasteiger partial charge in [-0.15, -0.1) is 0 Å². The number of ether oxygens (including phenoxy) is 1. The van der Waals surface area contributed by atoms with Gasteiger partial charge in [-0.3, -0.25) is 0 Å². The maximum absolute atomic E-state index is 8.67. The molecule has 0 aliphatic carbocycles. The predicted octanol–water partition coefficient (Wildman–Crippen LogP) is 19.9. The molecule has 0 saturated heterocycles. The van der Waals surface area contributed by atoms with E-state index in [-0.39, 0.29) is 11.2 Å². The van der Waals surface area contributed by atoms with Gasteiger partial charge >= 0.3 is 0 Å². The van der Waals surface area contributed by atoms with E-state index in [2.05, 4.69) is 102 Å². The molecule has 1 nitrogen and oxygen atoms in total. The van der Waals surface area contributed by atoms with E-state index < -0.39 is 0 Å². The Morgan fingerprint density at radius 2 is 0.656 bits per heavy atom. The van der Waals surface area contributed by atoms with Crippen molar-refractivity contribution in [2.75, 3.05) is 0 Å². The molecule has 0 fully saturated rings. The number of benzene rings is 2. The van der Waals surface area contributed by atoms with Gasteiger partial charge in [-0.2, -0.15) is 0 Å². The molecule has 0 N–H and O–H groups in total. The molecule has 0 aliphatic heterocycles. The van der Waals surface area contributed by atoms with E-state index in [1.807, 2.05) is 0 Å². The normalized spacial score (nSPS) is 14.7. The van der Waals surface area contributed by atoms with Crippen LogP contribution in [0, 0.1) is 11.8 Å². The summed E-state index contributed by atoms with van der Waals surface area (Å²) < 4.78 is 8.67. The van der Waals surface area contributed by atoms with Gasteiger partial charge in [0.15, 0.2) is 0 Å². The van der Waals surface area contributed by atoms with Crippen LogP contribution in [0.2, 0.25) is 0 Å². The zero-order valence-electron chi connectivity index (χ0n) is 41.8. The molecule has 4 unspecified atom stereocenters. The molecule has 0 spiro atoms. The van der Waals surface area contributed by atoms with Crippen LogP contribution in [0.3, 0.4) is 0 Å². The van der Waals surface area contributed by atoms with Crippen LogP contribution in [0.4, 0.5) is 0 Å². The van der Waals surface area contributed by atoms with Crippen molar-refractivity contribution in [2.45, 2.75) is 271 Å². The fourth-order valence-corrected chi connectivity index (χ4v) is 10.7. The summed E-state index contributed by atoms with van der Waals surface area (Å²) in [6, 6.07) is 22.9. The number of rotatable bonds is 42. The molecule has 2 aromatic carbocycles. The summed E-state index contributed by atoms with van der Waals surface area (Å²) in [4.78, 5) is 0. The third-order valence-corrected chi connectivity index (χ3v) is 14.2. The highest BCUT2D eigenvalue weighted by atomic mass is 16.5. The summed E-state index contributed by atoms with van der Waals surface area (Å²) in [6.07, 6.45) is 43.5. The Morgan fingerprint density at radius 1 is 0.393 bits per heavy atom. The fourth-order valence-electron chi connectivity index (χ4n) is 10.7. The minimum atomic E-state index is -0.345. The predicted molar refractivity (Wildman–Crippen MR) is 274 cm³/mol. The second-order valence-corrected chi connectivity index (χ2v) is 19.9. The SMILES string of the molecule is C=C(C)C(CCCCCCCC)C(CCCCCCCCCC)(Cc1ccccc1)OC(CCCCCCCCCC)(Cc1ccccc1)C(CCCCCCCC)C(=C)C. The van der Waals surface area contributed by atoms with Crippen molar-refractivity contribution in [1.82, 2.24) is 0 Å². The van der Waals surface area contributed by atoms with Crippen molar-refractivity contribution in [1.29, 1.82) is 0 Å². The summed E-state index contributed by atoms with van der Waals surface area (Å²) in [6.45, 7) is 23.8. The van der Waals surface area contributed by atoms with Crippen molar-refractivity contribution in [3.63, 3.8) is 0 Å². The first-order valence-electron chi connectivity index (χ1n) is 26.9. The molecule has 0 amide bonds. The monoisotopic (exact) mass is 839 g/mol. The van der Waals surface area contributed by atoms with Crippen molar-refractivity contribution in [2.24, 2.45) is 11.8 Å². The lowest BCUT2D eigenvalue weighted by molar-refractivity contribution is -0.205. The van der Waals surface area contributed by atoms with Crippen LogP contribution >= 0.6 is 0 Å². The first kappa shape index (κ1) is 55.0. The van der Waals surface area contributed by atoms with Gasteiger partial charge in [0.1, 0.15) is 0 Å². The molecule has 348 valence electrons. The molecule has 2 rings (SSSR count). The largest absolute Gasteiger partial charge is 0.367 e. The van der Waals surface area contributed by atoms with Crippen LogP contribution < -0.4 is 0 Å². The molecule has 61 heavy (non-hydrogen) atoms. The molecule has 0 saturated carbocycles. The van der Waals surface area contributed by atoms with Crippen molar-refractivity contribution in [3.05, 3.63) is 96.1 Å². The van der Waals surface area contributed by atoms with E-state index in [9.17, 15) is 0 Å². The van der Waals surface area contributed by atoms with Crippen LogP contribution in [-0.2, 0) is 17.6 Å². The summed E-state index contributed by atoms with van der Waals surface area (Å²) in [5.74, 6) is 0.605. The van der Waals surface area contributed by atoms with E-state index in [1.165, 1.54) is 215 Å². The Balaban J connectivity index is 2.77. The Kier molecular flexibility index (Phi) is 31.8. The lowest BCUT2D eigenvalue weighted by Gasteiger charge is -2.52. The quantitative estimate of drug-likeness (QED) is 0.0478. The Labute approximate surface area is 382 Å². The Hall–Kier alpha value is -2.12. The molecule has 0 bridgehead atoms. The molecule has 1 heteroatoms. The molecule has 2 aromatic rings. The maximum Gasteiger partial charge on any atom is 0.0795 e. The minimum Gasteiger partial charge on any atom is -0.367 e. The maximum atomic E-state index is 8.67. The van der Waals surface area contributed by atoms with Crippen molar-refractivity contribution >= 4 is 0 Å². The van der Waals surface area contributed by atoms with E-state index in [4.69, 9.17) is 17.9 Å². The fraction of sp³-hybridized carbons (Fsp3) is 0.733. The zero-order chi connectivity index (χ0) is 44.3. The van der Waals surface area contributed by atoms with Gasteiger partial charge in [0, 0.05) is 24.7 Å². The number of hydrogen-bond donors (Lipinski definition) is 0. The lowest BCUT2D eigenvalue weighted by Crippen LogP contribution is -2.55. The highest BCUT2D eigenvalue weighted by Crippen LogP contribution is 2.49. The van der Waals surface area contributed by atoms with Crippen LogP contribution in [0.25, 0.3) is 0 Å². The molecule has 0 aliphatic rings. The average Bonchev–Trinajstić information content (AvgIpc) is 3.25. The third kappa shape index (κ3) is 23.4. The summed E-state index contributed by atoms with van der Waals surface area (Å²) in [5, 5.41) is 0. The highest BCUT2D eigenvalue weighted by molar-refractivity contribution is 5.24. The van der Waals surface area contributed by atoms with Crippen LogP contribution in [-0.4, -0.2) is 11.2 Å². The van der Waals surface area contributed by atoms with Gasteiger partial charge in [0.25, 0.3) is 0 Å². The molecule has 0 radical (unpaired) electrons. The molecular weight excluding hydrogens is 737 g/mol. The zero-order valence-corrected chi connectivity index (χ0v) is 41.8. The second-order valence-electron chi connectivity index (χ2n) is 19.9. The first-order valence-corrected chi connectivity index (χ1v) is 26.9. The molecule has 0 heterocycles. The minimum absolute atomic E-state index is 0.303. The standard InChI is InChI=1S/C60H102O/c1-9-13-17-21-25-27-31-41-49-59(51-55-43-35-33-36-44-55,57(53(5)6)47-39-29-23-19-15-11-3)61-60(52-56-45-37-34-38-46-56,50-42-32-28-26-22-18-14-10-2)58(54(7)8)48-40-30-24-20-16-12-4/h33-38,43-46,57-58H,5,7,9-32,39-42,47-52H2,1-4,6,8H3. The van der Waals surface area contributed by atoms with E-state index in [1.54, 1.807) is 0 Å². The smallest absolute Gasteiger partial charge is 0.0795 e. The molecular formula is C60H102O. The van der Waals surface area contributed by atoms with Gasteiger partial charge in [-0.05, 0) is 50.7 Å². The Bertz CT molecular complexity index is 1210. The third-order valence-electron chi connectivity index (χ3n) is 14.2. The first-order chi connectivity index (χ1) is 29.8. The van der Waals surface area contributed by atoms with Gasteiger partial charge in [0.05, 0.1) is 11.2 Å². The van der Waals surface area contributed by atoms with Crippen LogP contribution in [0.5, 0.6) is 0 Å². The van der Waals surface area contributed by atoms with Crippen molar-refractivity contribution < 1.29 is 4.74 Å². The van der Waals surface area contributed by atoms with E-state index in [0.717, 1.165) is 25.7 Å². The van der Waals surface area contributed by atoms with Crippen LogP contribution in [0.15, 0.2) is 85.0 Å². The molecule has 4 atom stereocenters. The summed E-state index contributed by atoms with van der Waals surface area (Å²) in [7, 11) is 0. The van der Waals surface area contributed by atoms with Gasteiger partial charge in [-0.25, -0.2) is 0 Å². The van der Waals surface area contributed by atoms with Crippen LogP contribution in [0.1, 0.15) is 258 Å². The highest BCUT2D eigenvalue weighted by Gasteiger charge is 2.49. The topological polar surface area (TPSA) is 9.23 Å². The van der Waals surface area contributed by atoms with E-state index >= 15 is 0 Å². The lowest BCUT2D eigenvalue weighted by atomic mass is 9.69. The van der Waals surface area contributed by atoms with Gasteiger partial charge in [-0.1, -0.05) is 292 Å². The van der Waals surface area contributed by atoms with Gasteiger partial charge < -0.3 is 4.74 Å². The Morgan fingerprint density at radius 3 is 0.934 bits per heavy atom. The summed E-state index contributed by atoms with van der Waals surface area (Å²) in [5.41, 5.74) is 4.80. The average molecular weight is 839 g/mol. The second kappa shape index (κ2) is 35.3. The number of unbranched alkanes of at least 4 members (excludes halogenated alkanes) is 24. The van der Waals surface area contributed by atoms with E-state index in [0.29, 0.717) is 11.8 Å². The number of hydrogen-bond acceptors (Lipinski definition) is 1.